The van der Waals surface area contributed by atoms with Crippen LogP contribution in [0.4, 0.5) is 5.69 Å². The van der Waals surface area contributed by atoms with Crippen LogP contribution in [0.3, 0.4) is 0 Å². The van der Waals surface area contributed by atoms with E-state index in [1.807, 2.05) is 30.3 Å². The molecule has 0 radical (unpaired) electrons. The number of anilines is 1. The van der Waals surface area contributed by atoms with Crippen molar-refractivity contribution in [2.45, 2.75) is 19.8 Å². The van der Waals surface area contributed by atoms with Crippen LogP contribution < -0.4 is 10.6 Å². The molecule has 40 heavy (non-hydrogen) atoms. The maximum absolute atomic E-state index is 13.2. The summed E-state index contributed by atoms with van der Waals surface area (Å²) in [4.78, 5) is 37.9. The van der Waals surface area contributed by atoms with Crippen molar-refractivity contribution < 1.29 is 28.3 Å². The van der Waals surface area contributed by atoms with Gasteiger partial charge in [-0.3, -0.25) is 4.79 Å². The monoisotopic (exact) mass is 557 g/mol. The summed E-state index contributed by atoms with van der Waals surface area (Å²) in [5.74, 6) is -1.80. The Labute approximate surface area is 235 Å². The average molecular weight is 558 g/mol. The van der Waals surface area contributed by atoms with Crippen LogP contribution in [-0.2, 0) is 19.1 Å². The molecule has 1 amide bonds. The van der Waals surface area contributed by atoms with Crippen molar-refractivity contribution in [1.29, 1.82) is 5.26 Å². The quantitative estimate of drug-likeness (QED) is 0.322. The van der Waals surface area contributed by atoms with E-state index < -0.39 is 17.9 Å². The number of nitrogens with zero attached hydrogens (tertiary/aromatic N) is 1. The minimum Gasteiger partial charge on any atom is -0.468 e. The third kappa shape index (κ3) is 6.45. The molecule has 10 heteroatoms. The van der Waals surface area contributed by atoms with E-state index in [4.69, 9.17) is 13.9 Å². The second-order valence-electron chi connectivity index (χ2n) is 8.44. The van der Waals surface area contributed by atoms with Crippen molar-refractivity contribution >= 4 is 41.0 Å². The van der Waals surface area contributed by atoms with E-state index in [1.54, 1.807) is 50.2 Å². The summed E-state index contributed by atoms with van der Waals surface area (Å²) >= 11 is 1.13. The Hall–Kier alpha value is -4.75. The number of nitrogens with one attached hydrogen (secondary N) is 2. The number of hydrogen-bond acceptors (Lipinski definition) is 9. The van der Waals surface area contributed by atoms with Gasteiger partial charge in [-0.15, -0.1) is 0 Å². The fraction of sp³-hybridized carbons (Fsp3) is 0.200. The molecule has 3 aromatic rings. The molecule has 2 N–H and O–H groups in total. The van der Waals surface area contributed by atoms with Crippen molar-refractivity contribution in [3.63, 3.8) is 0 Å². The number of esters is 2. The van der Waals surface area contributed by atoms with Gasteiger partial charge in [0.1, 0.15) is 5.76 Å². The molecule has 9 nitrogen and oxygen atoms in total. The van der Waals surface area contributed by atoms with Gasteiger partial charge >= 0.3 is 11.9 Å². The van der Waals surface area contributed by atoms with E-state index in [0.717, 1.165) is 11.8 Å². The number of benzene rings is 2. The van der Waals surface area contributed by atoms with Crippen molar-refractivity contribution in [1.82, 2.24) is 5.32 Å². The van der Waals surface area contributed by atoms with Gasteiger partial charge in [0, 0.05) is 5.69 Å². The van der Waals surface area contributed by atoms with Crippen LogP contribution in [0.15, 0.2) is 93.6 Å². The minimum absolute atomic E-state index is 0.0329. The molecule has 1 aromatic heterocycles. The molecule has 1 aliphatic rings. The molecule has 1 atom stereocenters. The van der Waals surface area contributed by atoms with Crippen LogP contribution in [0, 0.1) is 11.3 Å². The first-order chi connectivity index (χ1) is 19.5. The lowest BCUT2D eigenvalue weighted by Crippen LogP contribution is -2.29. The van der Waals surface area contributed by atoms with Gasteiger partial charge in [0.05, 0.1) is 64.7 Å². The summed E-state index contributed by atoms with van der Waals surface area (Å²) in [5.41, 5.74) is 2.54. The molecule has 2 aromatic carbocycles. The van der Waals surface area contributed by atoms with Crippen LogP contribution in [0.1, 0.15) is 41.4 Å². The molecule has 0 aliphatic carbocycles. The van der Waals surface area contributed by atoms with Crippen molar-refractivity contribution in [3.05, 3.63) is 106 Å². The molecule has 1 aliphatic heterocycles. The standard InChI is InChI=1S/C30H27N3O6S/c1-3-37-29(35)20-12-14-21(15-13-20)32-24(34)18-40-28-22(17-31)25(23-11-8-16-39-23)26(30(36)38-4-2)27(33-28)19-9-6-5-7-10-19/h5-16,25,33H,3-4,18H2,1-2H3,(H,32,34)/t25-/m0/s1. The molecule has 2 heterocycles. The number of rotatable bonds is 10. The molecule has 0 spiro atoms. The third-order valence-electron chi connectivity index (χ3n) is 5.86. The topological polar surface area (TPSA) is 131 Å². The van der Waals surface area contributed by atoms with E-state index in [1.165, 1.54) is 6.26 Å². The number of hydrogen-bond donors (Lipinski definition) is 2. The molecule has 0 bridgehead atoms. The van der Waals surface area contributed by atoms with E-state index in [-0.39, 0.29) is 36.0 Å². The number of amides is 1. The lowest BCUT2D eigenvalue weighted by Gasteiger charge is -2.29. The Morgan fingerprint density at radius 2 is 1.68 bits per heavy atom. The Kier molecular flexibility index (Phi) is 9.44. The number of ether oxygens (including phenoxy) is 2. The molecule has 0 unspecified atom stereocenters. The Morgan fingerprint density at radius 3 is 2.30 bits per heavy atom. The van der Waals surface area contributed by atoms with Crippen molar-refractivity contribution in [2.75, 3.05) is 24.3 Å². The molecular weight excluding hydrogens is 530 g/mol. The average Bonchev–Trinajstić information content (AvgIpc) is 3.51. The number of dihydropyridines is 1. The zero-order valence-electron chi connectivity index (χ0n) is 21.9. The van der Waals surface area contributed by atoms with Crippen molar-refractivity contribution in [2.24, 2.45) is 0 Å². The third-order valence-corrected chi connectivity index (χ3v) is 6.88. The minimum atomic E-state index is -0.837. The molecule has 4 rings (SSSR count). The SMILES string of the molecule is CCOC(=O)C1=C(c2ccccc2)NC(SCC(=O)Nc2ccc(C(=O)OCC)cc2)=C(C#N)[C@H]1c1ccco1. The Bertz CT molecular complexity index is 1470. The number of carbonyl (C=O) groups is 3. The summed E-state index contributed by atoms with van der Waals surface area (Å²) in [6.07, 6.45) is 1.48. The molecule has 0 saturated heterocycles. The summed E-state index contributed by atoms with van der Waals surface area (Å²) in [7, 11) is 0. The first kappa shape index (κ1) is 28.3. The second kappa shape index (κ2) is 13.4. The highest BCUT2D eigenvalue weighted by molar-refractivity contribution is 8.03. The fourth-order valence-electron chi connectivity index (χ4n) is 4.14. The second-order valence-corrected chi connectivity index (χ2v) is 9.42. The van der Waals surface area contributed by atoms with Crippen LogP contribution in [0.2, 0.25) is 0 Å². The highest BCUT2D eigenvalue weighted by Gasteiger charge is 2.38. The van der Waals surface area contributed by atoms with Gasteiger partial charge in [0.25, 0.3) is 0 Å². The van der Waals surface area contributed by atoms with Crippen LogP contribution in [0.5, 0.6) is 0 Å². The van der Waals surface area contributed by atoms with Gasteiger partial charge in [-0.25, -0.2) is 9.59 Å². The summed E-state index contributed by atoms with van der Waals surface area (Å²) in [6.45, 7) is 3.87. The summed E-state index contributed by atoms with van der Waals surface area (Å²) < 4.78 is 16.0. The van der Waals surface area contributed by atoms with E-state index in [2.05, 4.69) is 16.7 Å². The van der Waals surface area contributed by atoms with E-state index >= 15 is 0 Å². The normalized spacial score (nSPS) is 14.7. The number of allylic oxidation sites excluding steroid dienone is 1. The van der Waals surface area contributed by atoms with Crippen LogP contribution in [-0.4, -0.2) is 36.8 Å². The van der Waals surface area contributed by atoms with Gasteiger partial charge in [-0.1, -0.05) is 42.1 Å². The fourth-order valence-corrected chi connectivity index (χ4v) is 4.98. The molecule has 0 saturated carbocycles. The van der Waals surface area contributed by atoms with Gasteiger partial charge in [0.15, 0.2) is 0 Å². The van der Waals surface area contributed by atoms with Crippen LogP contribution in [0.25, 0.3) is 5.70 Å². The van der Waals surface area contributed by atoms with Gasteiger partial charge in [-0.05, 0) is 55.8 Å². The first-order valence-corrected chi connectivity index (χ1v) is 13.6. The lowest BCUT2D eigenvalue weighted by molar-refractivity contribution is -0.138. The predicted molar refractivity (Wildman–Crippen MR) is 151 cm³/mol. The highest BCUT2D eigenvalue weighted by atomic mass is 32.2. The van der Waals surface area contributed by atoms with Crippen molar-refractivity contribution in [3.8, 4) is 6.07 Å². The maximum atomic E-state index is 13.2. The maximum Gasteiger partial charge on any atom is 0.338 e. The van der Waals surface area contributed by atoms with Crippen LogP contribution >= 0.6 is 11.8 Å². The number of thioether (sulfide) groups is 1. The van der Waals surface area contributed by atoms with E-state index in [9.17, 15) is 19.6 Å². The predicted octanol–water partition coefficient (Wildman–Crippen LogP) is 5.22. The molecular formula is C30H27N3O6S. The van der Waals surface area contributed by atoms with Gasteiger partial charge in [0.2, 0.25) is 5.91 Å². The van der Waals surface area contributed by atoms with E-state index in [0.29, 0.717) is 33.3 Å². The van der Waals surface area contributed by atoms with Gasteiger partial charge in [-0.2, -0.15) is 5.26 Å². The largest absolute Gasteiger partial charge is 0.468 e. The zero-order valence-corrected chi connectivity index (χ0v) is 22.7. The highest BCUT2D eigenvalue weighted by Crippen LogP contribution is 2.43. The Balaban J connectivity index is 1.61. The summed E-state index contributed by atoms with van der Waals surface area (Å²) in [5, 5.41) is 16.6. The number of carbonyl (C=O) groups excluding carboxylic acids is 3. The zero-order chi connectivity index (χ0) is 28.5. The molecule has 0 fully saturated rings. The smallest absolute Gasteiger partial charge is 0.338 e. The van der Waals surface area contributed by atoms with Gasteiger partial charge < -0.3 is 24.5 Å². The molecule has 204 valence electrons. The first-order valence-electron chi connectivity index (χ1n) is 12.6. The summed E-state index contributed by atoms with van der Waals surface area (Å²) in [6, 6.07) is 21.2. The Morgan fingerprint density at radius 1 is 0.975 bits per heavy atom. The number of nitriles is 1. The lowest BCUT2D eigenvalue weighted by atomic mass is 9.84. The number of furan rings is 1.